The van der Waals surface area contributed by atoms with Gasteiger partial charge in [-0.3, -0.25) is 4.79 Å². The highest BCUT2D eigenvalue weighted by Gasteiger charge is 2.25. The van der Waals surface area contributed by atoms with E-state index in [0.29, 0.717) is 35.9 Å². The first-order valence-corrected chi connectivity index (χ1v) is 8.40. The van der Waals surface area contributed by atoms with E-state index in [0.717, 1.165) is 19.0 Å². The number of aryl methyl sites for hydroxylation is 1. The summed E-state index contributed by atoms with van der Waals surface area (Å²) in [6, 6.07) is 3.38. The molecule has 1 aromatic carbocycles. The van der Waals surface area contributed by atoms with Crippen LogP contribution in [0, 0.1) is 0 Å². The molecule has 0 N–H and O–H groups in total. The Hall–Kier alpha value is -2.90. The van der Waals surface area contributed by atoms with Crippen molar-refractivity contribution in [1.82, 2.24) is 14.5 Å². The molecule has 1 fully saturated rings. The molecule has 2 heterocycles. The molecule has 0 aliphatic carbocycles. The highest BCUT2D eigenvalue weighted by molar-refractivity contribution is 5.95. The molecule has 1 saturated heterocycles. The topological polar surface area (TPSA) is 69.1 Å². The Kier molecular flexibility index (Phi) is 5.20. The lowest BCUT2D eigenvalue weighted by molar-refractivity contribution is 0.0745. The van der Waals surface area contributed by atoms with Crippen LogP contribution in [0.1, 0.15) is 10.4 Å². The number of amides is 1. The summed E-state index contributed by atoms with van der Waals surface area (Å²) in [7, 11) is 6.59. The van der Waals surface area contributed by atoms with Gasteiger partial charge in [-0.15, -0.1) is 0 Å². The van der Waals surface area contributed by atoms with Crippen molar-refractivity contribution in [1.29, 1.82) is 0 Å². The van der Waals surface area contributed by atoms with Crippen molar-refractivity contribution in [2.24, 2.45) is 7.05 Å². The highest BCUT2D eigenvalue weighted by atomic mass is 16.5. The van der Waals surface area contributed by atoms with Gasteiger partial charge in [-0.1, -0.05) is 0 Å². The van der Waals surface area contributed by atoms with Gasteiger partial charge in [0.1, 0.15) is 0 Å². The number of benzene rings is 1. The fourth-order valence-electron chi connectivity index (χ4n) is 3.16. The minimum absolute atomic E-state index is 0.0521. The van der Waals surface area contributed by atoms with E-state index in [4.69, 9.17) is 14.2 Å². The SMILES string of the molecule is COc1cc(C(=O)N2CCN(c3nccn3C)CC2)cc(OC)c1OC. The normalized spacial score (nSPS) is 14.3. The lowest BCUT2D eigenvalue weighted by Gasteiger charge is -2.35. The molecular weight excluding hydrogens is 336 g/mol. The fourth-order valence-corrected chi connectivity index (χ4v) is 3.16. The second kappa shape index (κ2) is 7.55. The van der Waals surface area contributed by atoms with Gasteiger partial charge < -0.3 is 28.6 Å². The van der Waals surface area contributed by atoms with Crippen molar-refractivity contribution in [3.05, 3.63) is 30.1 Å². The largest absolute Gasteiger partial charge is 0.493 e. The van der Waals surface area contributed by atoms with Crippen LogP contribution in [-0.2, 0) is 7.05 Å². The average Bonchev–Trinajstić information content (AvgIpc) is 3.12. The average molecular weight is 360 g/mol. The molecule has 140 valence electrons. The summed E-state index contributed by atoms with van der Waals surface area (Å²) in [5.41, 5.74) is 0.518. The maximum Gasteiger partial charge on any atom is 0.254 e. The number of piperazine rings is 1. The molecule has 3 rings (SSSR count). The Morgan fingerprint density at radius 1 is 1.00 bits per heavy atom. The Balaban J connectivity index is 1.75. The van der Waals surface area contributed by atoms with Crippen LogP contribution in [0.3, 0.4) is 0 Å². The zero-order valence-electron chi connectivity index (χ0n) is 15.6. The molecule has 1 amide bonds. The number of rotatable bonds is 5. The molecular formula is C18H24N4O4. The molecule has 1 aliphatic heterocycles. The number of methoxy groups -OCH3 is 3. The van der Waals surface area contributed by atoms with Gasteiger partial charge in [0.2, 0.25) is 11.7 Å². The van der Waals surface area contributed by atoms with Crippen molar-refractivity contribution in [2.75, 3.05) is 52.4 Å². The van der Waals surface area contributed by atoms with Gasteiger partial charge >= 0.3 is 0 Å². The van der Waals surface area contributed by atoms with E-state index in [-0.39, 0.29) is 5.91 Å². The van der Waals surface area contributed by atoms with E-state index in [2.05, 4.69) is 9.88 Å². The van der Waals surface area contributed by atoms with E-state index in [1.807, 2.05) is 22.7 Å². The van der Waals surface area contributed by atoms with E-state index >= 15 is 0 Å². The molecule has 2 aromatic rings. The predicted octanol–water partition coefficient (Wildman–Crippen LogP) is 1.41. The molecule has 0 radical (unpaired) electrons. The van der Waals surface area contributed by atoms with Crippen molar-refractivity contribution >= 4 is 11.9 Å². The van der Waals surface area contributed by atoms with E-state index in [1.54, 1.807) is 25.4 Å². The van der Waals surface area contributed by atoms with Crippen molar-refractivity contribution in [3.8, 4) is 17.2 Å². The molecule has 8 nitrogen and oxygen atoms in total. The van der Waals surface area contributed by atoms with E-state index < -0.39 is 0 Å². The monoisotopic (exact) mass is 360 g/mol. The Labute approximate surface area is 152 Å². The first-order valence-electron chi connectivity index (χ1n) is 8.40. The number of carbonyl (C=O) groups excluding carboxylic acids is 1. The minimum atomic E-state index is -0.0521. The Bertz CT molecular complexity index is 756. The summed E-state index contributed by atoms with van der Waals surface area (Å²) in [6.45, 7) is 2.73. The fraction of sp³-hybridized carbons (Fsp3) is 0.444. The van der Waals surface area contributed by atoms with Crippen molar-refractivity contribution in [3.63, 3.8) is 0 Å². The van der Waals surface area contributed by atoms with Crippen molar-refractivity contribution in [2.45, 2.75) is 0 Å². The van der Waals surface area contributed by atoms with Crippen LogP contribution < -0.4 is 19.1 Å². The third kappa shape index (κ3) is 3.26. The van der Waals surface area contributed by atoms with Crippen LogP contribution in [0.4, 0.5) is 5.95 Å². The third-order valence-corrected chi connectivity index (χ3v) is 4.56. The summed E-state index contributed by atoms with van der Waals surface area (Å²) in [5, 5.41) is 0. The first kappa shape index (κ1) is 17.9. The Morgan fingerprint density at radius 3 is 2.08 bits per heavy atom. The van der Waals surface area contributed by atoms with Crippen LogP contribution in [-0.4, -0.2) is 67.9 Å². The lowest BCUT2D eigenvalue weighted by atomic mass is 10.1. The number of nitrogens with zero attached hydrogens (tertiary/aromatic N) is 4. The summed E-state index contributed by atoms with van der Waals surface area (Å²) in [5.74, 6) is 2.29. The molecule has 1 aliphatic rings. The molecule has 0 unspecified atom stereocenters. The van der Waals surface area contributed by atoms with Gasteiger partial charge in [-0.05, 0) is 12.1 Å². The summed E-state index contributed by atoms with van der Waals surface area (Å²) < 4.78 is 18.0. The van der Waals surface area contributed by atoms with Gasteiger partial charge in [-0.2, -0.15) is 0 Å². The molecule has 26 heavy (non-hydrogen) atoms. The molecule has 1 aromatic heterocycles. The van der Waals surface area contributed by atoms with Gasteiger partial charge in [0.05, 0.1) is 21.3 Å². The minimum Gasteiger partial charge on any atom is -0.493 e. The predicted molar refractivity (Wildman–Crippen MR) is 97.4 cm³/mol. The van der Waals surface area contributed by atoms with Gasteiger partial charge in [0, 0.05) is 51.2 Å². The first-order chi connectivity index (χ1) is 12.6. The summed E-state index contributed by atoms with van der Waals surface area (Å²) in [6.07, 6.45) is 3.70. The number of ether oxygens (including phenoxy) is 3. The summed E-state index contributed by atoms with van der Waals surface area (Å²) >= 11 is 0. The van der Waals surface area contributed by atoms with Crippen LogP contribution in [0.5, 0.6) is 17.2 Å². The standard InChI is InChI=1S/C18H24N4O4/c1-20-6-5-19-18(20)22-9-7-21(8-10-22)17(23)13-11-14(24-2)16(26-4)15(12-13)25-3/h5-6,11-12H,7-10H2,1-4H3. The molecule has 0 saturated carbocycles. The zero-order chi connectivity index (χ0) is 18.7. The number of hydrogen-bond donors (Lipinski definition) is 0. The second-order valence-corrected chi connectivity index (χ2v) is 6.03. The van der Waals surface area contributed by atoms with Gasteiger partial charge in [0.25, 0.3) is 5.91 Å². The lowest BCUT2D eigenvalue weighted by Crippen LogP contribution is -2.49. The molecule has 0 bridgehead atoms. The number of imidazole rings is 1. The van der Waals surface area contributed by atoms with Crippen LogP contribution in [0.15, 0.2) is 24.5 Å². The van der Waals surface area contributed by atoms with Gasteiger partial charge in [-0.25, -0.2) is 4.98 Å². The van der Waals surface area contributed by atoms with Crippen LogP contribution >= 0.6 is 0 Å². The number of carbonyl (C=O) groups is 1. The quantitative estimate of drug-likeness (QED) is 0.803. The molecule has 8 heteroatoms. The maximum absolute atomic E-state index is 12.9. The summed E-state index contributed by atoms with van der Waals surface area (Å²) in [4.78, 5) is 21.3. The smallest absolute Gasteiger partial charge is 0.254 e. The molecule has 0 atom stereocenters. The maximum atomic E-state index is 12.9. The number of hydrogen-bond acceptors (Lipinski definition) is 6. The van der Waals surface area contributed by atoms with E-state index in [9.17, 15) is 4.79 Å². The number of aromatic nitrogens is 2. The number of anilines is 1. The van der Waals surface area contributed by atoms with Crippen LogP contribution in [0.25, 0.3) is 0 Å². The zero-order valence-corrected chi connectivity index (χ0v) is 15.6. The third-order valence-electron chi connectivity index (χ3n) is 4.56. The Morgan fingerprint density at radius 2 is 1.62 bits per heavy atom. The van der Waals surface area contributed by atoms with Crippen LogP contribution in [0.2, 0.25) is 0 Å². The second-order valence-electron chi connectivity index (χ2n) is 6.03. The van der Waals surface area contributed by atoms with Gasteiger partial charge in [0.15, 0.2) is 11.5 Å². The highest BCUT2D eigenvalue weighted by Crippen LogP contribution is 2.38. The molecule has 0 spiro atoms. The van der Waals surface area contributed by atoms with E-state index in [1.165, 1.54) is 14.2 Å². The van der Waals surface area contributed by atoms with Crippen molar-refractivity contribution < 1.29 is 19.0 Å².